The summed E-state index contributed by atoms with van der Waals surface area (Å²) in [6.07, 6.45) is -0.784. The van der Waals surface area contributed by atoms with Crippen LogP contribution in [0, 0.1) is 17.0 Å². The van der Waals surface area contributed by atoms with Crippen molar-refractivity contribution in [3.63, 3.8) is 0 Å². The van der Waals surface area contributed by atoms with Gasteiger partial charge < -0.3 is 14.2 Å². The number of hydrogen-bond acceptors (Lipinski definition) is 6. The van der Waals surface area contributed by atoms with Gasteiger partial charge in [-0.1, -0.05) is 0 Å². The van der Waals surface area contributed by atoms with Gasteiger partial charge in [0.1, 0.15) is 11.9 Å². The highest BCUT2D eigenvalue weighted by molar-refractivity contribution is 5.90. The minimum Gasteiger partial charge on any atom is -0.486 e. The Balaban J connectivity index is 2.02. The number of carbonyl (C=O) groups is 1. The third kappa shape index (κ3) is 3.56. The van der Waals surface area contributed by atoms with Crippen molar-refractivity contribution in [3.05, 3.63) is 33.9 Å². The molecule has 0 aromatic heterocycles. The summed E-state index contributed by atoms with van der Waals surface area (Å²) >= 11 is 0. The second kappa shape index (κ2) is 6.64. The molecule has 1 aliphatic rings. The molecule has 114 valence electrons. The Labute approximate surface area is 122 Å². The lowest BCUT2D eigenvalue weighted by molar-refractivity contribution is -0.385. The number of methoxy groups -OCH3 is 1. The largest absolute Gasteiger partial charge is 0.486 e. The van der Waals surface area contributed by atoms with Crippen LogP contribution < -0.4 is 4.74 Å². The highest BCUT2D eigenvalue weighted by atomic mass is 16.6. The number of carbonyl (C=O) groups excluding carboxylic acids is 1. The van der Waals surface area contributed by atoms with Gasteiger partial charge in [0.05, 0.1) is 24.2 Å². The lowest BCUT2D eigenvalue weighted by Gasteiger charge is -2.34. The number of rotatable bonds is 7. The molecule has 21 heavy (non-hydrogen) atoms. The summed E-state index contributed by atoms with van der Waals surface area (Å²) in [5.74, 6) is 0.376. The molecule has 0 N–H and O–H groups in total. The van der Waals surface area contributed by atoms with Gasteiger partial charge in [-0.15, -0.1) is 0 Å². The summed E-state index contributed by atoms with van der Waals surface area (Å²) in [5.41, 5.74) is 0.730. The highest BCUT2D eigenvalue weighted by Crippen LogP contribution is 2.30. The van der Waals surface area contributed by atoms with Crippen molar-refractivity contribution in [2.75, 3.05) is 20.3 Å². The summed E-state index contributed by atoms with van der Waals surface area (Å²) in [6, 6.07) is 4.40. The Morgan fingerprint density at radius 3 is 2.76 bits per heavy atom. The van der Waals surface area contributed by atoms with E-state index in [0.717, 1.165) is 5.56 Å². The molecule has 0 aliphatic heterocycles. The zero-order valence-corrected chi connectivity index (χ0v) is 11.9. The van der Waals surface area contributed by atoms with E-state index in [1.165, 1.54) is 12.1 Å². The molecule has 0 bridgehead atoms. The molecule has 1 aromatic carbocycles. The van der Waals surface area contributed by atoms with Crippen molar-refractivity contribution in [2.24, 2.45) is 0 Å². The standard InChI is InChI=1S/C14H17NO6/c1-9-3-4-10(15(17)18)7-12(9)21-13-8-11(16)14(13)20-6-5-19-2/h3-4,7,13-14H,5-6,8H2,1-2H3. The van der Waals surface area contributed by atoms with Gasteiger partial charge in [-0.25, -0.2) is 0 Å². The molecule has 1 aromatic rings. The Hall–Kier alpha value is -1.99. The van der Waals surface area contributed by atoms with Gasteiger partial charge in [0.2, 0.25) is 0 Å². The van der Waals surface area contributed by atoms with Crippen LogP contribution in [0.2, 0.25) is 0 Å². The molecule has 0 heterocycles. The first-order valence-corrected chi connectivity index (χ1v) is 6.58. The normalized spacial score (nSPS) is 21.0. The van der Waals surface area contributed by atoms with Crippen LogP contribution >= 0.6 is 0 Å². The van der Waals surface area contributed by atoms with E-state index >= 15 is 0 Å². The van der Waals surface area contributed by atoms with E-state index in [-0.39, 0.29) is 17.9 Å². The zero-order valence-electron chi connectivity index (χ0n) is 11.9. The van der Waals surface area contributed by atoms with Crippen molar-refractivity contribution >= 4 is 11.5 Å². The number of ketones is 1. The van der Waals surface area contributed by atoms with Crippen molar-refractivity contribution in [3.8, 4) is 5.75 Å². The van der Waals surface area contributed by atoms with Crippen molar-refractivity contribution in [1.29, 1.82) is 0 Å². The average molecular weight is 295 g/mol. The van der Waals surface area contributed by atoms with E-state index in [4.69, 9.17) is 14.2 Å². The van der Waals surface area contributed by atoms with Crippen LogP contribution in [0.1, 0.15) is 12.0 Å². The molecule has 1 fully saturated rings. The van der Waals surface area contributed by atoms with Gasteiger partial charge in [-0.05, 0) is 18.6 Å². The third-order valence-electron chi connectivity index (χ3n) is 3.30. The SMILES string of the molecule is COCCOC1C(=O)CC1Oc1cc([N+](=O)[O-])ccc1C. The van der Waals surface area contributed by atoms with Crippen LogP contribution in [0.15, 0.2) is 18.2 Å². The van der Waals surface area contributed by atoms with Gasteiger partial charge in [-0.3, -0.25) is 14.9 Å². The predicted molar refractivity (Wildman–Crippen MR) is 73.5 cm³/mol. The lowest BCUT2D eigenvalue weighted by Crippen LogP contribution is -2.52. The number of hydrogen-bond donors (Lipinski definition) is 0. The van der Waals surface area contributed by atoms with Crippen LogP contribution in [0.3, 0.4) is 0 Å². The molecule has 1 saturated carbocycles. The van der Waals surface area contributed by atoms with Crippen molar-refractivity contribution in [2.45, 2.75) is 25.6 Å². The molecule has 0 radical (unpaired) electrons. The molecule has 0 spiro atoms. The van der Waals surface area contributed by atoms with Crippen LogP contribution in [0.5, 0.6) is 5.75 Å². The molecule has 0 amide bonds. The second-order valence-electron chi connectivity index (χ2n) is 4.82. The first-order valence-electron chi connectivity index (χ1n) is 6.58. The highest BCUT2D eigenvalue weighted by Gasteiger charge is 2.43. The molecule has 2 rings (SSSR count). The maximum Gasteiger partial charge on any atom is 0.273 e. The Morgan fingerprint density at radius 2 is 2.14 bits per heavy atom. The first kappa shape index (κ1) is 15.4. The summed E-state index contributed by atoms with van der Waals surface area (Å²) in [6.45, 7) is 2.49. The fraction of sp³-hybridized carbons (Fsp3) is 0.500. The van der Waals surface area contributed by atoms with Crippen LogP contribution in [0.25, 0.3) is 0 Å². The van der Waals surface area contributed by atoms with E-state index in [2.05, 4.69) is 0 Å². The number of nitrogens with zero attached hydrogens (tertiary/aromatic N) is 1. The number of nitro benzene ring substituents is 1. The monoisotopic (exact) mass is 295 g/mol. The van der Waals surface area contributed by atoms with Crippen molar-refractivity contribution in [1.82, 2.24) is 0 Å². The molecule has 0 saturated heterocycles. The lowest BCUT2D eigenvalue weighted by atomic mass is 9.90. The van der Waals surface area contributed by atoms with E-state index in [1.54, 1.807) is 20.1 Å². The van der Waals surface area contributed by atoms with E-state index in [1.807, 2.05) is 0 Å². The number of non-ortho nitro benzene ring substituents is 1. The topological polar surface area (TPSA) is 87.9 Å². The van der Waals surface area contributed by atoms with E-state index in [0.29, 0.717) is 19.0 Å². The van der Waals surface area contributed by atoms with Crippen molar-refractivity contribution < 1.29 is 23.9 Å². The van der Waals surface area contributed by atoms with Crippen LogP contribution in [-0.4, -0.2) is 43.2 Å². The summed E-state index contributed by atoms with van der Waals surface area (Å²) in [5, 5.41) is 10.8. The Kier molecular flexibility index (Phi) is 4.87. The maximum absolute atomic E-state index is 11.5. The number of aryl methyl sites for hydroxylation is 1. The number of nitro groups is 1. The van der Waals surface area contributed by atoms with Crippen LogP contribution in [0.4, 0.5) is 5.69 Å². The summed E-state index contributed by atoms with van der Waals surface area (Å²) in [4.78, 5) is 21.8. The van der Waals surface area contributed by atoms with E-state index < -0.39 is 17.1 Å². The van der Waals surface area contributed by atoms with Gasteiger partial charge in [0.25, 0.3) is 5.69 Å². The first-order chi connectivity index (χ1) is 10.0. The number of benzene rings is 1. The van der Waals surface area contributed by atoms with Gasteiger partial charge >= 0.3 is 0 Å². The molecule has 2 atom stereocenters. The zero-order chi connectivity index (χ0) is 15.4. The van der Waals surface area contributed by atoms with Gasteiger partial charge in [-0.2, -0.15) is 0 Å². The second-order valence-corrected chi connectivity index (χ2v) is 4.82. The predicted octanol–water partition coefficient (Wildman–Crippen LogP) is 1.66. The maximum atomic E-state index is 11.5. The Morgan fingerprint density at radius 1 is 1.38 bits per heavy atom. The molecular formula is C14H17NO6. The quantitative estimate of drug-likeness (QED) is 0.432. The number of Topliss-reactive ketones (excluding diaryl/α,β-unsaturated/α-hetero) is 1. The van der Waals surface area contributed by atoms with Crippen LogP contribution in [-0.2, 0) is 14.3 Å². The molecule has 7 nitrogen and oxygen atoms in total. The minimum atomic E-state index is -0.626. The molecule has 7 heteroatoms. The minimum absolute atomic E-state index is 0.0285. The summed E-state index contributed by atoms with van der Waals surface area (Å²) in [7, 11) is 1.55. The summed E-state index contributed by atoms with van der Waals surface area (Å²) < 4.78 is 16.0. The molecular weight excluding hydrogens is 278 g/mol. The molecule has 1 aliphatic carbocycles. The smallest absolute Gasteiger partial charge is 0.273 e. The average Bonchev–Trinajstić information content (AvgIpc) is 2.44. The Bertz CT molecular complexity index is 544. The fourth-order valence-electron chi connectivity index (χ4n) is 2.02. The van der Waals surface area contributed by atoms with E-state index in [9.17, 15) is 14.9 Å². The van der Waals surface area contributed by atoms with Gasteiger partial charge in [0.15, 0.2) is 11.9 Å². The third-order valence-corrected chi connectivity index (χ3v) is 3.30. The number of ether oxygens (including phenoxy) is 3. The molecule has 2 unspecified atom stereocenters. The van der Waals surface area contributed by atoms with Gasteiger partial charge in [0, 0.05) is 19.6 Å². The fourth-order valence-corrected chi connectivity index (χ4v) is 2.02.